The summed E-state index contributed by atoms with van der Waals surface area (Å²) in [6.45, 7) is 6.71. The van der Waals surface area contributed by atoms with Gasteiger partial charge in [0.15, 0.2) is 0 Å². The summed E-state index contributed by atoms with van der Waals surface area (Å²) in [6, 6.07) is 58.2. The van der Waals surface area contributed by atoms with E-state index >= 15 is 0 Å². The van der Waals surface area contributed by atoms with Crippen LogP contribution in [0.2, 0.25) is 0 Å². The molecular formula is C70H54N4O2. The van der Waals surface area contributed by atoms with Crippen molar-refractivity contribution in [1.29, 1.82) is 0 Å². The Balaban J connectivity index is 0.902. The molecule has 6 nitrogen and oxygen atoms in total. The molecule has 366 valence electrons. The van der Waals surface area contributed by atoms with Crippen molar-refractivity contribution in [2.75, 3.05) is 16.5 Å². The first-order valence-corrected chi connectivity index (χ1v) is 25.1. The molecule has 0 spiro atoms. The zero-order valence-corrected chi connectivity index (χ0v) is 41.9. The van der Waals surface area contributed by atoms with Crippen LogP contribution >= 0.6 is 0 Å². The van der Waals surface area contributed by atoms with Crippen molar-refractivity contribution in [3.05, 3.63) is 266 Å². The van der Waals surface area contributed by atoms with Crippen molar-refractivity contribution in [2.24, 2.45) is 0 Å². The van der Waals surface area contributed by atoms with Gasteiger partial charge in [0.1, 0.15) is 35.5 Å². The summed E-state index contributed by atoms with van der Waals surface area (Å²) in [5, 5.41) is 2.05. The zero-order chi connectivity index (χ0) is 59.9. The average Bonchev–Trinajstić information content (AvgIpc) is 1.50. The first-order chi connectivity index (χ1) is 41.5. The maximum atomic E-state index is 9.12. The number of hydrogen-bond donors (Lipinski definition) is 0. The Bertz CT molecular complexity index is 4500. The first kappa shape index (κ1) is 36.3. The van der Waals surface area contributed by atoms with Crippen LogP contribution in [0.25, 0.3) is 72.1 Å². The van der Waals surface area contributed by atoms with Gasteiger partial charge in [-0.15, -0.1) is 0 Å². The molecule has 0 aliphatic carbocycles. The molecule has 0 N–H and O–H groups in total. The fourth-order valence-electron chi connectivity index (χ4n) is 10.3. The standard InChI is InChI=1S/C70H54N4O2/c1-70(2,3)52-37-40-63-62(43-52)61-39-38-55(45-66(61)74(63)67-46-56(41-42-71-67)76-69-59(50-25-12-6-13-26-50)33-20-34-60(69)51-27-14-7-15-28-51)75-54-30-18-29-53(44-54)72-47-73(65-36-17-16-35-64(65)72)68-57(48-21-8-4-9-22-48)31-19-32-58(68)49-23-10-5-11-24-49/h4-46H,47H2,1-3H3/i4D,5D,8D,9D,10D,11D,21D,22D,23D,24D. The summed E-state index contributed by atoms with van der Waals surface area (Å²) >= 11 is 0. The van der Waals surface area contributed by atoms with E-state index < -0.39 is 60.4 Å². The molecule has 0 fully saturated rings. The number of benzene rings is 10. The van der Waals surface area contributed by atoms with Gasteiger partial charge in [0.25, 0.3) is 0 Å². The van der Waals surface area contributed by atoms with Gasteiger partial charge in [0.05, 0.1) is 41.8 Å². The molecule has 3 heterocycles. The van der Waals surface area contributed by atoms with Gasteiger partial charge < -0.3 is 19.3 Å². The van der Waals surface area contributed by atoms with E-state index in [-0.39, 0.29) is 40.0 Å². The molecule has 2 aromatic heterocycles. The molecule has 12 aromatic rings. The fourth-order valence-corrected chi connectivity index (χ4v) is 10.3. The fraction of sp³-hybridized carbons (Fsp3) is 0.0714. The van der Waals surface area contributed by atoms with E-state index in [4.69, 9.17) is 28.2 Å². The van der Waals surface area contributed by atoms with Crippen molar-refractivity contribution in [3.63, 3.8) is 0 Å². The van der Waals surface area contributed by atoms with E-state index in [0.29, 0.717) is 28.8 Å². The second-order valence-corrected chi connectivity index (χ2v) is 19.6. The summed E-state index contributed by atoms with van der Waals surface area (Å²) in [5.41, 5.74) is 9.43. The maximum absolute atomic E-state index is 9.12. The van der Waals surface area contributed by atoms with Gasteiger partial charge in [0, 0.05) is 63.1 Å². The van der Waals surface area contributed by atoms with Gasteiger partial charge in [-0.1, -0.05) is 203 Å². The van der Waals surface area contributed by atoms with Crippen LogP contribution in [0, 0.1) is 0 Å². The van der Waals surface area contributed by atoms with Gasteiger partial charge in [-0.25, -0.2) is 4.98 Å². The average molecular weight is 993 g/mol. The third-order valence-corrected chi connectivity index (χ3v) is 13.9. The molecule has 10 aromatic carbocycles. The molecular weight excluding hydrogens is 929 g/mol. The molecule has 0 saturated heterocycles. The predicted octanol–water partition coefficient (Wildman–Crippen LogP) is 19.0. The maximum Gasteiger partial charge on any atom is 0.143 e. The Morgan fingerprint density at radius 2 is 1.03 bits per heavy atom. The van der Waals surface area contributed by atoms with Gasteiger partial charge >= 0.3 is 0 Å². The molecule has 0 atom stereocenters. The van der Waals surface area contributed by atoms with E-state index in [2.05, 4.69) is 92.1 Å². The number of anilines is 4. The molecule has 0 radical (unpaired) electrons. The molecule has 6 heteroatoms. The van der Waals surface area contributed by atoms with Crippen LogP contribution in [0.1, 0.15) is 40.0 Å². The number of pyridine rings is 1. The van der Waals surface area contributed by atoms with Crippen LogP contribution in [-0.4, -0.2) is 16.2 Å². The summed E-state index contributed by atoms with van der Waals surface area (Å²) in [5.74, 6) is 3.05. The summed E-state index contributed by atoms with van der Waals surface area (Å²) in [7, 11) is 0. The van der Waals surface area contributed by atoms with Crippen molar-refractivity contribution >= 4 is 44.6 Å². The van der Waals surface area contributed by atoms with Crippen LogP contribution in [0.3, 0.4) is 0 Å². The van der Waals surface area contributed by atoms with E-state index in [0.717, 1.165) is 61.2 Å². The number of hydrogen-bond acceptors (Lipinski definition) is 5. The van der Waals surface area contributed by atoms with Crippen molar-refractivity contribution in [1.82, 2.24) is 9.55 Å². The number of rotatable bonds is 11. The number of nitrogens with zero attached hydrogens (tertiary/aromatic N) is 4. The Hall–Kier alpha value is -9.65. The first-order valence-electron chi connectivity index (χ1n) is 30.1. The lowest BCUT2D eigenvalue weighted by Crippen LogP contribution is -2.24. The van der Waals surface area contributed by atoms with E-state index in [9.17, 15) is 0 Å². The Kier molecular flexibility index (Phi) is 9.23. The monoisotopic (exact) mass is 992 g/mol. The highest BCUT2D eigenvalue weighted by Crippen LogP contribution is 2.51. The van der Waals surface area contributed by atoms with Crippen LogP contribution in [0.5, 0.6) is 23.0 Å². The number of para-hydroxylation sites is 4. The van der Waals surface area contributed by atoms with Crippen LogP contribution in [0.4, 0.5) is 22.7 Å². The van der Waals surface area contributed by atoms with Crippen LogP contribution in [0.15, 0.2) is 261 Å². The Morgan fingerprint density at radius 3 is 1.67 bits per heavy atom. The van der Waals surface area contributed by atoms with Gasteiger partial charge in [-0.05, 0) is 87.8 Å². The molecule has 0 amide bonds. The minimum Gasteiger partial charge on any atom is -0.457 e. The Labute approximate surface area is 458 Å². The topological polar surface area (TPSA) is 42.8 Å². The third kappa shape index (κ3) is 8.59. The highest BCUT2D eigenvalue weighted by atomic mass is 16.5. The quantitative estimate of drug-likeness (QED) is 0.129. The second kappa shape index (κ2) is 19.3. The number of ether oxygens (including phenoxy) is 2. The smallest absolute Gasteiger partial charge is 0.143 e. The number of aromatic nitrogens is 2. The normalized spacial score (nSPS) is 14.1. The van der Waals surface area contributed by atoms with E-state index in [1.54, 1.807) is 24.4 Å². The molecule has 0 unspecified atom stereocenters. The highest BCUT2D eigenvalue weighted by molar-refractivity contribution is 6.10. The van der Waals surface area contributed by atoms with E-state index in [1.807, 2.05) is 119 Å². The molecule has 13 rings (SSSR count). The molecule has 1 aliphatic rings. The summed E-state index contributed by atoms with van der Waals surface area (Å²) < 4.78 is 104. The molecule has 1 aliphatic heterocycles. The molecule has 76 heavy (non-hydrogen) atoms. The molecule has 0 bridgehead atoms. The number of fused-ring (bicyclic) bond motifs is 4. The lowest BCUT2D eigenvalue weighted by molar-refractivity contribution is 0.483. The Morgan fingerprint density at radius 1 is 0.447 bits per heavy atom. The van der Waals surface area contributed by atoms with Gasteiger partial charge in [-0.2, -0.15) is 0 Å². The lowest BCUT2D eigenvalue weighted by Gasteiger charge is -2.27. The summed E-state index contributed by atoms with van der Waals surface area (Å²) in [6.07, 6.45) is 1.77. The van der Waals surface area contributed by atoms with Crippen molar-refractivity contribution in [3.8, 4) is 73.3 Å². The SMILES string of the molecule is [2H]c1c([2H])c([2H])c(-c2cccc(-c3c([2H])c([2H])c([2H])c([2H])c3[2H])c2N2CN(c3cccc(Oc4ccc5c6cc(C(C)(C)C)ccc6n(-c6cc(Oc7c(-c8ccccc8)cccc7-c7ccccc7)ccn6)c5c4)c3)c3ccccc32)c([2H])c1[2H]. The minimum absolute atomic E-state index is 0.0912. The van der Waals surface area contributed by atoms with Gasteiger partial charge in [0.2, 0.25) is 0 Å². The minimum atomic E-state index is -0.559. The zero-order valence-electron chi connectivity index (χ0n) is 51.9. The largest absolute Gasteiger partial charge is 0.457 e. The predicted molar refractivity (Wildman–Crippen MR) is 314 cm³/mol. The van der Waals surface area contributed by atoms with Crippen LogP contribution < -0.4 is 19.3 Å². The van der Waals surface area contributed by atoms with Gasteiger partial charge in [-0.3, -0.25) is 4.57 Å². The second-order valence-electron chi connectivity index (χ2n) is 19.6. The van der Waals surface area contributed by atoms with Crippen molar-refractivity contribution in [2.45, 2.75) is 26.2 Å². The third-order valence-electron chi connectivity index (χ3n) is 13.9. The molecule has 0 saturated carbocycles. The van der Waals surface area contributed by atoms with Crippen molar-refractivity contribution < 1.29 is 23.2 Å². The van der Waals surface area contributed by atoms with E-state index in [1.165, 1.54) is 5.56 Å². The highest BCUT2D eigenvalue weighted by Gasteiger charge is 2.31. The lowest BCUT2D eigenvalue weighted by atomic mass is 9.86. The van der Waals surface area contributed by atoms with Crippen LogP contribution in [-0.2, 0) is 5.41 Å². The summed E-state index contributed by atoms with van der Waals surface area (Å²) in [4.78, 5) is 8.94.